The second-order valence-corrected chi connectivity index (χ2v) is 25.5. The Bertz CT molecular complexity index is 3400. The molecule has 10 aromatic rings. The molecule has 0 saturated heterocycles. The van der Waals surface area contributed by atoms with Gasteiger partial charge in [-0.25, -0.2) is 0 Å². The second-order valence-electron chi connectivity index (χ2n) is 18.1. The second kappa shape index (κ2) is 14.4. The van der Waals surface area contributed by atoms with E-state index in [2.05, 4.69) is 228 Å². The molecule has 0 bridgehead atoms. The fraction of sp³-hybridized carbons (Fsp3) is 0.158. The normalized spacial score (nSPS) is 15.9. The van der Waals surface area contributed by atoms with Gasteiger partial charge in [-0.3, -0.25) is 0 Å². The molecule has 0 fully saturated rings. The predicted molar refractivity (Wildman–Crippen MR) is 277 cm³/mol. The van der Waals surface area contributed by atoms with Crippen LogP contribution in [0.5, 0.6) is 0 Å². The summed E-state index contributed by atoms with van der Waals surface area (Å²) in [7, 11) is 1.21. The van der Waals surface area contributed by atoms with Gasteiger partial charge in [0.1, 0.15) is 0 Å². The van der Waals surface area contributed by atoms with E-state index in [1.165, 1.54) is 109 Å². The summed E-state index contributed by atoms with van der Waals surface area (Å²) in [5, 5.41) is 21.2. The van der Waals surface area contributed by atoms with Crippen LogP contribution >= 0.6 is 15.2 Å². The van der Waals surface area contributed by atoms with Gasteiger partial charge in [0.05, 0.1) is 0 Å². The van der Waals surface area contributed by atoms with Gasteiger partial charge in [0.15, 0.2) is 0 Å². The number of hydrogen-bond acceptors (Lipinski definition) is 2. The minimum atomic E-state index is -2.62. The number of hydrogen-bond donors (Lipinski definition) is 0. The van der Waals surface area contributed by atoms with Gasteiger partial charge in [-0.1, -0.05) is 0 Å². The zero-order chi connectivity index (χ0) is 41.7. The van der Waals surface area contributed by atoms with Crippen LogP contribution in [0.15, 0.2) is 170 Å². The van der Waals surface area contributed by atoms with E-state index in [4.69, 9.17) is 0 Å². The Morgan fingerprint density at radius 1 is 0.361 bits per heavy atom. The molecule has 300 valence electrons. The van der Waals surface area contributed by atoms with Crippen molar-refractivity contribution in [1.82, 2.24) is 0 Å². The Morgan fingerprint density at radius 2 is 0.639 bits per heavy atom. The molecule has 10 aromatic carbocycles. The molecule has 2 nitrogen and oxygen atoms in total. The summed E-state index contributed by atoms with van der Waals surface area (Å²) >= 11 is 0. The zero-order valence-corrected chi connectivity index (χ0v) is 38.1. The van der Waals surface area contributed by atoms with Crippen molar-refractivity contribution < 1.29 is 0 Å². The summed E-state index contributed by atoms with van der Waals surface area (Å²) in [6.45, 7) is 12.5. The fourth-order valence-corrected chi connectivity index (χ4v) is 17.3. The van der Waals surface area contributed by atoms with E-state index in [9.17, 15) is 0 Å². The van der Waals surface area contributed by atoms with Crippen LogP contribution in [-0.2, 0) is 0 Å². The minimum absolute atomic E-state index is 0.366. The number of nitrogens with zero attached hydrogens (tertiary/aromatic N) is 2. The number of benzene rings is 10. The molecule has 1 aliphatic heterocycles. The van der Waals surface area contributed by atoms with Crippen molar-refractivity contribution >= 4 is 124 Å². The fourth-order valence-electron chi connectivity index (χ4n) is 10.4. The Kier molecular flexibility index (Phi) is 9.02. The van der Waals surface area contributed by atoms with Crippen molar-refractivity contribution in [3.8, 4) is 0 Å². The van der Waals surface area contributed by atoms with Crippen molar-refractivity contribution in [3.05, 3.63) is 170 Å². The molecule has 0 saturated carbocycles. The van der Waals surface area contributed by atoms with E-state index < -0.39 is 15.2 Å². The molecule has 1 atom stereocenters. The van der Waals surface area contributed by atoms with Crippen LogP contribution in [-0.4, -0.2) is 32.1 Å². The Morgan fingerprint density at radius 3 is 1.05 bits per heavy atom. The van der Waals surface area contributed by atoms with Crippen molar-refractivity contribution in [1.29, 1.82) is 0 Å². The van der Waals surface area contributed by atoms with E-state index >= 15 is 0 Å². The van der Waals surface area contributed by atoms with Crippen molar-refractivity contribution in [2.24, 2.45) is 0 Å². The molecule has 0 aromatic heterocycles. The number of fused-ring (bicyclic) bond motifs is 10. The first-order chi connectivity index (χ1) is 29.6. The molecular weight excluding hydrogens is 775 g/mol. The first kappa shape index (κ1) is 38.2. The van der Waals surface area contributed by atoms with Crippen LogP contribution in [0.2, 0.25) is 0 Å². The molecule has 1 unspecified atom stereocenters. The first-order valence-electron chi connectivity index (χ1n) is 21.8. The number of anilines is 4. The molecular formula is C57H52N2P2. The van der Waals surface area contributed by atoms with Gasteiger partial charge < -0.3 is 0 Å². The maximum absolute atomic E-state index is 2.65. The third kappa shape index (κ3) is 6.06. The van der Waals surface area contributed by atoms with Gasteiger partial charge in [0, 0.05) is 0 Å². The van der Waals surface area contributed by atoms with Gasteiger partial charge in [-0.15, -0.1) is 0 Å². The third-order valence-electron chi connectivity index (χ3n) is 14.1. The standard InChI is InChI=1S/C57H52N2P2/c1-36(2)60-54-32-44-22-14-12-20-42(44)28-50(54)58(5)53-31-47-25-39-17-9-11-19-41(39)27-49(47)35-57(53)61(7,37(3)4)56-34-45-23-15-13-21-43(45)29-52(56)59(6)51-30-46-24-38-16-8-10-18-40(38)26-48(46)33-55(51)60/h8-37,61H,1-7H3. The SMILES string of the molecule is CC(C)P1c2cc3ccccc3cc2N(C)c2cc3cc4ccccc4cc3cc2[PH](C)(C(C)C)c2cc3ccccc3cc2N(C)c2cc3cc4ccccc4cc3cc21. The van der Waals surface area contributed by atoms with Crippen LogP contribution in [0, 0.1) is 0 Å². The third-order valence-corrected chi connectivity index (χ3v) is 22.2. The molecule has 0 aliphatic carbocycles. The van der Waals surface area contributed by atoms with Crippen LogP contribution in [0.3, 0.4) is 0 Å². The molecule has 11 rings (SSSR count). The molecule has 0 N–H and O–H groups in total. The Balaban J connectivity index is 1.33. The molecule has 4 heteroatoms. The first-order valence-corrected chi connectivity index (χ1v) is 25.8. The number of rotatable bonds is 2. The van der Waals surface area contributed by atoms with E-state index in [0.29, 0.717) is 11.3 Å². The van der Waals surface area contributed by atoms with Crippen LogP contribution < -0.4 is 31.0 Å². The average Bonchev–Trinajstić information content (AvgIpc) is 3.27. The van der Waals surface area contributed by atoms with Gasteiger partial charge in [0.2, 0.25) is 0 Å². The average molecular weight is 827 g/mol. The van der Waals surface area contributed by atoms with Crippen molar-refractivity contribution in [2.45, 2.75) is 39.0 Å². The predicted octanol–water partition coefficient (Wildman–Crippen LogP) is 14.0. The van der Waals surface area contributed by atoms with Gasteiger partial charge in [-0.2, -0.15) is 0 Å². The van der Waals surface area contributed by atoms with E-state index in [0.717, 1.165) is 0 Å². The summed E-state index contributed by atoms with van der Waals surface area (Å²) in [4.78, 5) is 5.19. The monoisotopic (exact) mass is 826 g/mol. The Hall–Kier alpha value is -5.78. The molecule has 0 radical (unpaired) electrons. The topological polar surface area (TPSA) is 6.48 Å². The molecule has 61 heavy (non-hydrogen) atoms. The maximum atomic E-state index is 2.65. The Labute approximate surface area is 361 Å². The van der Waals surface area contributed by atoms with Crippen molar-refractivity contribution in [3.63, 3.8) is 0 Å². The summed E-state index contributed by atoms with van der Waals surface area (Å²) in [6, 6.07) is 65.6. The summed E-state index contributed by atoms with van der Waals surface area (Å²) in [6.07, 6.45) is 0. The van der Waals surface area contributed by atoms with Gasteiger partial charge in [0.25, 0.3) is 0 Å². The molecule has 1 aliphatic rings. The molecule has 0 amide bonds. The van der Waals surface area contributed by atoms with Crippen LogP contribution in [0.1, 0.15) is 27.7 Å². The van der Waals surface area contributed by atoms with E-state index in [1.807, 2.05) is 0 Å². The quantitative estimate of drug-likeness (QED) is 0.127. The van der Waals surface area contributed by atoms with Gasteiger partial charge >= 0.3 is 363 Å². The summed E-state index contributed by atoms with van der Waals surface area (Å²) in [5.74, 6) is 0. The van der Waals surface area contributed by atoms with E-state index in [1.54, 1.807) is 0 Å². The summed E-state index contributed by atoms with van der Waals surface area (Å²) in [5.41, 5.74) is 5.98. The van der Waals surface area contributed by atoms with Crippen LogP contribution in [0.25, 0.3) is 64.6 Å². The summed E-state index contributed by atoms with van der Waals surface area (Å²) < 4.78 is 0. The van der Waals surface area contributed by atoms with Crippen molar-refractivity contribution in [2.75, 3.05) is 30.6 Å². The molecule has 0 spiro atoms. The molecule has 1 heterocycles. The van der Waals surface area contributed by atoms with Gasteiger partial charge in [-0.05, 0) is 0 Å². The zero-order valence-electron chi connectivity index (χ0n) is 36.2. The van der Waals surface area contributed by atoms with E-state index in [-0.39, 0.29) is 0 Å². The van der Waals surface area contributed by atoms with Crippen LogP contribution in [0.4, 0.5) is 22.7 Å².